The van der Waals surface area contributed by atoms with Gasteiger partial charge in [-0.05, 0) is 49.4 Å². The van der Waals surface area contributed by atoms with E-state index in [4.69, 9.17) is 0 Å². The molecule has 1 aliphatic rings. The lowest BCUT2D eigenvalue weighted by atomic mass is 10.1. The van der Waals surface area contributed by atoms with Crippen molar-refractivity contribution in [2.45, 2.75) is 57.0 Å². The molecule has 0 radical (unpaired) electrons. The molecule has 0 aromatic heterocycles. The molecule has 2 amide bonds. The number of nitrogens with one attached hydrogen (secondary N) is 1. The highest BCUT2D eigenvalue weighted by Crippen LogP contribution is 2.42. The van der Waals surface area contributed by atoms with Crippen molar-refractivity contribution in [2.24, 2.45) is 0 Å². The van der Waals surface area contributed by atoms with Crippen LogP contribution in [-0.2, 0) is 16.0 Å². The topological polar surface area (TPSA) is 49.4 Å². The Balaban J connectivity index is 1.67. The van der Waals surface area contributed by atoms with E-state index in [1.54, 1.807) is 11.0 Å². The molecule has 3 unspecified atom stereocenters. The minimum absolute atomic E-state index is 0.000877. The predicted molar refractivity (Wildman–Crippen MR) is 120 cm³/mol. The Bertz CT molecular complexity index is 861. The summed E-state index contributed by atoms with van der Waals surface area (Å²) in [5.41, 5.74) is 1.96. The van der Waals surface area contributed by atoms with Gasteiger partial charge in [0.15, 0.2) is 0 Å². The van der Waals surface area contributed by atoms with Crippen LogP contribution in [0.3, 0.4) is 0 Å². The van der Waals surface area contributed by atoms with Gasteiger partial charge >= 0.3 is 0 Å². The van der Waals surface area contributed by atoms with Gasteiger partial charge in [0.05, 0.1) is 0 Å². The van der Waals surface area contributed by atoms with E-state index in [0.717, 1.165) is 18.4 Å². The summed E-state index contributed by atoms with van der Waals surface area (Å²) in [5.74, 6) is -0.0212. The molecule has 1 fully saturated rings. The van der Waals surface area contributed by atoms with Gasteiger partial charge in [0.25, 0.3) is 0 Å². The predicted octanol–water partition coefficient (Wildman–Crippen LogP) is 4.71. The van der Waals surface area contributed by atoms with Crippen molar-refractivity contribution < 1.29 is 14.0 Å². The van der Waals surface area contributed by atoms with Crippen molar-refractivity contribution in [3.8, 4) is 0 Å². The number of aryl methyl sites for hydroxylation is 1. The van der Waals surface area contributed by atoms with Gasteiger partial charge < -0.3 is 10.2 Å². The Morgan fingerprint density at radius 2 is 1.97 bits per heavy atom. The third-order valence-corrected chi connectivity index (χ3v) is 6.61. The second-order valence-corrected chi connectivity index (χ2v) is 8.85. The molecule has 6 heteroatoms. The highest BCUT2D eigenvalue weighted by molar-refractivity contribution is 7.99. The van der Waals surface area contributed by atoms with Crippen LogP contribution in [0.2, 0.25) is 0 Å². The summed E-state index contributed by atoms with van der Waals surface area (Å²) in [6.45, 7) is 3.93. The zero-order chi connectivity index (χ0) is 21.5. The van der Waals surface area contributed by atoms with Crippen molar-refractivity contribution in [1.82, 2.24) is 10.2 Å². The number of benzene rings is 2. The van der Waals surface area contributed by atoms with Crippen molar-refractivity contribution >= 4 is 23.6 Å². The Kier molecular flexibility index (Phi) is 7.91. The molecule has 1 saturated heterocycles. The smallest absolute Gasteiger partial charge is 0.243 e. The number of carbonyl (C=O) groups is 2. The summed E-state index contributed by atoms with van der Waals surface area (Å²) in [7, 11) is 0. The van der Waals surface area contributed by atoms with Crippen molar-refractivity contribution in [1.29, 1.82) is 0 Å². The maximum atomic E-state index is 13.8. The number of halogens is 1. The summed E-state index contributed by atoms with van der Waals surface area (Å²) in [6, 6.07) is 15.9. The molecule has 0 bridgehead atoms. The molecule has 1 aliphatic heterocycles. The van der Waals surface area contributed by atoms with Crippen LogP contribution in [0.1, 0.15) is 49.6 Å². The molecule has 30 heavy (non-hydrogen) atoms. The standard InChI is InChI=1S/C24H29FN2O2S/c1-3-8-22(28)27-21(16-30-24(27)19-11-7-12-20(25)15-19)23(29)26-17(2)13-14-18-9-5-4-6-10-18/h4-7,9-12,15,17,21,24H,3,8,13-14,16H2,1-2H3,(H,26,29). The third-order valence-electron chi connectivity index (χ3n) is 5.29. The minimum Gasteiger partial charge on any atom is -0.352 e. The number of amides is 2. The third kappa shape index (κ3) is 5.63. The largest absolute Gasteiger partial charge is 0.352 e. The molecule has 0 saturated carbocycles. The Morgan fingerprint density at radius 1 is 1.20 bits per heavy atom. The van der Waals surface area contributed by atoms with Gasteiger partial charge in [0, 0.05) is 18.2 Å². The van der Waals surface area contributed by atoms with Gasteiger partial charge in [0.1, 0.15) is 17.2 Å². The normalized spacial score (nSPS) is 19.5. The van der Waals surface area contributed by atoms with Gasteiger partial charge in [-0.3, -0.25) is 9.59 Å². The molecule has 3 atom stereocenters. The van der Waals surface area contributed by atoms with E-state index in [2.05, 4.69) is 17.4 Å². The van der Waals surface area contributed by atoms with Gasteiger partial charge in [-0.15, -0.1) is 11.8 Å². The van der Waals surface area contributed by atoms with Crippen LogP contribution in [0.4, 0.5) is 4.39 Å². The van der Waals surface area contributed by atoms with Crippen LogP contribution >= 0.6 is 11.8 Å². The van der Waals surface area contributed by atoms with E-state index in [1.807, 2.05) is 38.1 Å². The number of nitrogens with zero attached hydrogens (tertiary/aromatic N) is 1. The molecule has 160 valence electrons. The van der Waals surface area contributed by atoms with E-state index < -0.39 is 6.04 Å². The van der Waals surface area contributed by atoms with Gasteiger partial charge in [0.2, 0.25) is 11.8 Å². The Labute approximate surface area is 182 Å². The summed E-state index contributed by atoms with van der Waals surface area (Å²) < 4.78 is 13.8. The summed E-state index contributed by atoms with van der Waals surface area (Å²) in [6.07, 6.45) is 2.79. The maximum absolute atomic E-state index is 13.8. The summed E-state index contributed by atoms with van der Waals surface area (Å²) >= 11 is 1.52. The zero-order valence-electron chi connectivity index (χ0n) is 17.5. The molecular formula is C24H29FN2O2S. The lowest BCUT2D eigenvalue weighted by Crippen LogP contribution is -2.50. The van der Waals surface area contributed by atoms with Crippen LogP contribution in [0.15, 0.2) is 54.6 Å². The first kappa shape index (κ1) is 22.3. The molecular weight excluding hydrogens is 399 g/mol. The van der Waals surface area contributed by atoms with Crippen molar-refractivity contribution in [2.75, 3.05) is 5.75 Å². The second-order valence-electron chi connectivity index (χ2n) is 7.74. The average Bonchev–Trinajstić information content (AvgIpc) is 3.19. The molecule has 3 rings (SSSR count). The van der Waals surface area contributed by atoms with Crippen LogP contribution in [0.25, 0.3) is 0 Å². The van der Waals surface area contributed by atoms with Gasteiger partial charge in [-0.2, -0.15) is 0 Å². The van der Waals surface area contributed by atoms with Crippen LogP contribution < -0.4 is 5.32 Å². The Hall–Kier alpha value is -2.34. The highest BCUT2D eigenvalue weighted by Gasteiger charge is 2.42. The molecule has 0 spiro atoms. The number of hydrogen-bond acceptors (Lipinski definition) is 3. The molecule has 1 heterocycles. The molecule has 4 nitrogen and oxygen atoms in total. The summed E-state index contributed by atoms with van der Waals surface area (Å²) in [4.78, 5) is 27.6. The first-order valence-electron chi connectivity index (χ1n) is 10.5. The fourth-order valence-corrected chi connectivity index (χ4v) is 5.15. The number of thioether (sulfide) groups is 1. The van der Waals surface area contributed by atoms with Gasteiger partial charge in [-0.25, -0.2) is 4.39 Å². The van der Waals surface area contributed by atoms with E-state index in [9.17, 15) is 14.0 Å². The van der Waals surface area contributed by atoms with E-state index >= 15 is 0 Å². The quantitative estimate of drug-likeness (QED) is 0.663. The first-order valence-corrected chi connectivity index (χ1v) is 11.6. The molecule has 0 aliphatic carbocycles. The zero-order valence-corrected chi connectivity index (χ0v) is 18.3. The number of hydrogen-bond donors (Lipinski definition) is 1. The molecule has 1 N–H and O–H groups in total. The fourth-order valence-electron chi connectivity index (χ4n) is 3.71. The van der Waals surface area contributed by atoms with Crippen LogP contribution in [-0.4, -0.2) is 34.6 Å². The Morgan fingerprint density at radius 3 is 2.67 bits per heavy atom. The fraction of sp³-hybridized carbons (Fsp3) is 0.417. The molecule has 2 aromatic rings. The van der Waals surface area contributed by atoms with Gasteiger partial charge in [-0.1, -0.05) is 49.4 Å². The highest BCUT2D eigenvalue weighted by atomic mass is 32.2. The number of rotatable bonds is 8. The average molecular weight is 429 g/mol. The van der Waals surface area contributed by atoms with Crippen molar-refractivity contribution in [3.63, 3.8) is 0 Å². The van der Waals surface area contributed by atoms with Crippen LogP contribution in [0, 0.1) is 5.82 Å². The van der Waals surface area contributed by atoms with Crippen molar-refractivity contribution in [3.05, 3.63) is 71.5 Å². The maximum Gasteiger partial charge on any atom is 0.243 e. The van der Waals surface area contributed by atoms with E-state index in [0.29, 0.717) is 18.6 Å². The summed E-state index contributed by atoms with van der Waals surface area (Å²) in [5, 5.41) is 2.74. The molecule has 2 aromatic carbocycles. The van der Waals surface area contributed by atoms with E-state index in [-0.39, 0.29) is 29.0 Å². The lowest BCUT2D eigenvalue weighted by molar-refractivity contribution is -0.140. The SMILES string of the molecule is CCCC(=O)N1C(C(=O)NC(C)CCc2ccccc2)CSC1c1cccc(F)c1. The number of carbonyl (C=O) groups excluding carboxylic acids is 2. The van der Waals surface area contributed by atoms with E-state index in [1.165, 1.54) is 29.5 Å². The monoisotopic (exact) mass is 428 g/mol. The second kappa shape index (κ2) is 10.6. The van der Waals surface area contributed by atoms with Crippen LogP contribution in [0.5, 0.6) is 0 Å². The first-order chi connectivity index (χ1) is 14.5. The lowest BCUT2D eigenvalue weighted by Gasteiger charge is -2.30. The minimum atomic E-state index is -0.540.